The lowest BCUT2D eigenvalue weighted by molar-refractivity contribution is 0.170. The van der Waals surface area contributed by atoms with Crippen LogP contribution in [0.4, 0.5) is 0 Å². The zero-order valence-electron chi connectivity index (χ0n) is 8.95. The number of hydrogen-bond acceptors (Lipinski definition) is 3. The van der Waals surface area contributed by atoms with E-state index in [0.717, 1.165) is 34.4 Å². The molecule has 84 valence electrons. The molecule has 1 aliphatic rings. The van der Waals surface area contributed by atoms with Gasteiger partial charge < -0.3 is 20.2 Å². The minimum Gasteiger partial charge on any atom is -0.486 e. The highest BCUT2D eigenvalue weighted by Crippen LogP contribution is 2.39. The minimum atomic E-state index is 0.605. The van der Waals surface area contributed by atoms with Crippen molar-refractivity contribution in [1.29, 1.82) is 0 Å². The third-order valence-corrected chi connectivity index (χ3v) is 2.85. The van der Waals surface area contributed by atoms with E-state index in [9.17, 15) is 0 Å². The Labute approximate surface area is 93.3 Å². The number of aromatic nitrogens is 1. The summed E-state index contributed by atoms with van der Waals surface area (Å²) >= 11 is 0. The molecule has 0 fully saturated rings. The summed E-state index contributed by atoms with van der Waals surface area (Å²) in [6.07, 6.45) is 2.72. The zero-order valence-corrected chi connectivity index (χ0v) is 8.95. The summed E-state index contributed by atoms with van der Waals surface area (Å²) in [5, 5.41) is 1.15. The lowest BCUT2D eigenvalue weighted by Crippen LogP contribution is -2.17. The van der Waals surface area contributed by atoms with Gasteiger partial charge in [-0.15, -0.1) is 0 Å². The number of nitrogens with one attached hydrogen (secondary N) is 1. The smallest absolute Gasteiger partial charge is 0.166 e. The molecule has 3 rings (SSSR count). The first kappa shape index (κ1) is 9.54. The van der Waals surface area contributed by atoms with Crippen molar-refractivity contribution in [1.82, 2.24) is 4.98 Å². The highest BCUT2D eigenvalue weighted by molar-refractivity contribution is 5.87. The second-order valence-corrected chi connectivity index (χ2v) is 3.86. The maximum absolute atomic E-state index is 5.68. The average molecular weight is 218 g/mol. The number of H-pyrrole nitrogens is 1. The Balaban J connectivity index is 2.26. The molecule has 16 heavy (non-hydrogen) atoms. The van der Waals surface area contributed by atoms with Crippen LogP contribution in [-0.4, -0.2) is 24.7 Å². The van der Waals surface area contributed by atoms with Crippen molar-refractivity contribution < 1.29 is 9.47 Å². The predicted molar refractivity (Wildman–Crippen MR) is 62.0 cm³/mol. The van der Waals surface area contributed by atoms with Crippen molar-refractivity contribution in [2.75, 3.05) is 19.8 Å². The molecule has 3 N–H and O–H groups in total. The van der Waals surface area contributed by atoms with Crippen molar-refractivity contribution >= 4 is 10.9 Å². The second kappa shape index (κ2) is 3.72. The van der Waals surface area contributed by atoms with Crippen LogP contribution in [0.25, 0.3) is 10.9 Å². The Morgan fingerprint density at radius 1 is 1.31 bits per heavy atom. The molecule has 0 spiro atoms. The van der Waals surface area contributed by atoms with Crippen LogP contribution in [0.2, 0.25) is 0 Å². The van der Waals surface area contributed by atoms with Crippen LogP contribution in [0.1, 0.15) is 5.56 Å². The fourth-order valence-electron chi connectivity index (χ4n) is 2.18. The fraction of sp³-hybridized carbons (Fsp3) is 0.333. The predicted octanol–water partition coefficient (Wildman–Crippen LogP) is 1.44. The molecule has 4 nitrogen and oxygen atoms in total. The van der Waals surface area contributed by atoms with Crippen molar-refractivity contribution in [3.8, 4) is 11.5 Å². The summed E-state index contributed by atoms with van der Waals surface area (Å²) in [7, 11) is 0. The van der Waals surface area contributed by atoms with Crippen LogP contribution in [0.5, 0.6) is 11.5 Å². The van der Waals surface area contributed by atoms with Gasteiger partial charge in [0.25, 0.3) is 0 Å². The minimum absolute atomic E-state index is 0.605. The van der Waals surface area contributed by atoms with Gasteiger partial charge in [0.1, 0.15) is 13.2 Å². The lowest BCUT2D eigenvalue weighted by atomic mass is 10.1. The number of ether oxygens (including phenoxy) is 2. The Bertz CT molecular complexity index is 519. The molecule has 4 heteroatoms. The third-order valence-electron chi connectivity index (χ3n) is 2.85. The number of nitrogens with two attached hydrogens (primary N) is 1. The lowest BCUT2D eigenvalue weighted by Gasteiger charge is -2.21. The fourth-order valence-corrected chi connectivity index (χ4v) is 2.18. The molecule has 0 saturated heterocycles. The van der Waals surface area contributed by atoms with Gasteiger partial charge in [-0.25, -0.2) is 0 Å². The molecule has 2 heterocycles. The molecular weight excluding hydrogens is 204 g/mol. The van der Waals surface area contributed by atoms with Gasteiger partial charge in [0.05, 0.1) is 5.52 Å². The van der Waals surface area contributed by atoms with Crippen LogP contribution >= 0.6 is 0 Å². The first-order chi connectivity index (χ1) is 7.90. The summed E-state index contributed by atoms with van der Waals surface area (Å²) < 4.78 is 11.3. The van der Waals surface area contributed by atoms with Gasteiger partial charge in [0.2, 0.25) is 0 Å². The van der Waals surface area contributed by atoms with Crippen LogP contribution < -0.4 is 15.2 Å². The van der Waals surface area contributed by atoms with E-state index in [-0.39, 0.29) is 0 Å². The average Bonchev–Trinajstić information content (AvgIpc) is 2.77. The summed E-state index contributed by atoms with van der Waals surface area (Å²) in [5.41, 5.74) is 7.87. The maximum Gasteiger partial charge on any atom is 0.166 e. The monoisotopic (exact) mass is 218 g/mol. The van der Waals surface area contributed by atoms with E-state index in [1.165, 1.54) is 0 Å². The van der Waals surface area contributed by atoms with E-state index < -0.39 is 0 Å². The molecule has 0 atom stereocenters. The van der Waals surface area contributed by atoms with E-state index in [1.54, 1.807) is 0 Å². The van der Waals surface area contributed by atoms with Gasteiger partial charge in [0.15, 0.2) is 11.5 Å². The van der Waals surface area contributed by atoms with Gasteiger partial charge >= 0.3 is 0 Å². The van der Waals surface area contributed by atoms with Crippen LogP contribution in [-0.2, 0) is 6.42 Å². The van der Waals surface area contributed by atoms with Gasteiger partial charge in [-0.05, 0) is 25.1 Å². The summed E-state index contributed by atoms with van der Waals surface area (Å²) in [4.78, 5) is 3.23. The summed E-state index contributed by atoms with van der Waals surface area (Å²) in [6.45, 7) is 1.83. The highest BCUT2D eigenvalue weighted by atomic mass is 16.6. The number of aromatic amines is 1. The summed E-state index contributed by atoms with van der Waals surface area (Å²) in [6, 6.07) is 4.05. The molecule has 0 radical (unpaired) electrons. The quantitative estimate of drug-likeness (QED) is 0.801. The number of rotatable bonds is 2. The standard InChI is InChI=1S/C12H14N2O2/c13-3-1-9-11-8(2-4-14-11)7-10-12(9)16-6-5-15-10/h2,4,7,14H,1,3,5-6,13H2. The molecule has 0 unspecified atom stereocenters. The highest BCUT2D eigenvalue weighted by Gasteiger charge is 2.19. The molecule has 0 amide bonds. The maximum atomic E-state index is 5.68. The van der Waals surface area contributed by atoms with Crippen LogP contribution in [0.15, 0.2) is 18.3 Å². The Hall–Kier alpha value is -1.68. The molecule has 0 bridgehead atoms. The Morgan fingerprint density at radius 3 is 3.06 bits per heavy atom. The first-order valence-corrected chi connectivity index (χ1v) is 5.49. The van der Waals surface area contributed by atoms with Crippen molar-refractivity contribution in [3.05, 3.63) is 23.9 Å². The van der Waals surface area contributed by atoms with Gasteiger partial charge in [0, 0.05) is 17.1 Å². The van der Waals surface area contributed by atoms with Crippen LogP contribution in [0.3, 0.4) is 0 Å². The molecule has 1 aromatic heterocycles. The number of hydrogen-bond donors (Lipinski definition) is 2. The second-order valence-electron chi connectivity index (χ2n) is 3.86. The number of fused-ring (bicyclic) bond motifs is 2. The largest absolute Gasteiger partial charge is 0.486 e. The van der Waals surface area contributed by atoms with Crippen molar-refractivity contribution in [2.24, 2.45) is 5.73 Å². The van der Waals surface area contributed by atoms with Crippen LogP contribution in [0, 0.1) is 0 Å². The first-order valence-electron chi connectivity index (χ1n) is 5.49. The van der Waals surface area contributed by atoms with E-state index in [4.69, 9.17) is 15.2 Å². The molecule has 0 aliphatic carbocycles. The number of benzene rings is 1. The van der Waals surface area contributed by atoms with Gasteiger partial charge in [-0.3, -0.25) is 0 Å². The van der Waals surface area contributed by atoms with Gasteiger partial charge in [-0.2, -0.15) is 0 Å². The zero-order chi connectivity index (χ0) is 11.0. The summed E-state index contributed by atoms with van der Waals surface area (Å²) in [5.74, 6) is 1.69. The normalized spacial score (nSPS) is 14.3. The Kier molecular flexibility index (Phi) is 2.22. The van der Waals surface area contributed by atoms with E-state index in [0.29, 0.717) is 19.8 Å². The van der Waals surface area contributed by atoms with Gasteiger partial charge in [-0.1, -0.05) is 0 Å². The SMILES string of the molecule is NCCc1c2c(cc3cc[nH]c13)OCCO2. The molecule has 0 saturated carbocycles. The molecule has 1 aromatic carbocycles. The molecule has 1 aliphatic heterocycles. The molecule has 2 aromatic rings. The van der Waals surface area contributed by atoms with E-state index >= 15 is 0 Å². The van der Waals surface area contributed by atoms with Crippen molar-refractivity contribution in [3.63, 3.8) is 0 Å². The van der Waals surface area contributed by atoms with E-state index in [1.807, 2.05) is 18.3 Å². The third kappa shape index (κ3) is 1.34. The van der Waals surface area contributed by atoms with Crippen molar-refractivity contribution in [2.45, 2.75) is 6.42 Å². The molecular formula is C12H14N2O2. The Morgan fingerprint density at radius 2 is 2.19 bits per heavy atom. The van der Waals surface area contributed by atoms with E-state index in [2.05, 4.69) is 4.98 Å². The topological polar surface area (TPSA) is 60.3 Å².